The fourth-order valence-corrected chi connectivity index (χ4v) is 3.76. The number of amides is 3. The molecule has 32 heavy (non-hydrogen) atoms. The van der Waals surface area contributed by atoms with E-state index in [1.807, 2.05) is 52.8 Å². The van der Waals surface area contributed by atoms with Gasteiger partial charge in [0.05, 0.1) is 0 Å². The van der Waals surface area contributed by atoms with Gasteiger partial charge in [-0.15, -0.1) is 0 Å². The standard InChI is InChI=1S/C25H39N3O4/c1-16-12-13-19(17(2)14-16)21(22(30)27-24(3,4)5)28(18-10-9-11-18)20(29)15-26-23(31)32-25(6,7)8/h12-14,18,21H,9-11,15H2,1-8H3,(H,26,31)(H,27,30). The number of hydrogen-bond donors (Lipinski definition) is 2. The molecule has 0 aliphatic heterocycles. The molecule has 0 radical (unpaired) electrons. The second-order valence-electron chi connectivity index (χ2n) is 10.7. The molecule has 0 saturated heterocycles. The highest BCUT2D eigenvalue weighted by atomic mass is 16.6. The van der Waals surface area contributed by atoms with Crippen molar-refractivity contribution >= 4 is 17.9 Å². The summed E-state index contributed by atoms with van der Waals surface area (Å²) in [7, 11) is 0. The summed E-state index contributed by atoms with van der Waals surface area (Å²) >= 11 is 0. The Balaban J connectivity index is 2.37. The number of nitrogens with zero attached hydrogens (tertiary/aromatic N) is 1. The number of carbonyl (C=O) groups is 3. The molecule has 1 unspecified atom stereocenters. The van der Waals surface area contributed by atoms with Gasteiger partial charge in [0, 0.05) is 11.6 Å². The quantitative estimate of drug-likeness (QED) is 0.688. The zero-order chi connectivity index (χ0) is 24.3. The number of aryl methyl sites for hydroxylation is 2. The first-order valence-corrected chi connectivity index (χ1v) is 11.3. The summed E-state index contributed by atoms with van der Waals surface area (Å²) in [5.74, 6) is -0.517. The van der Waals surface area contributed by atoms with Gasteiger partial charge in [-0.2, -0.15) is 0 Å². The van der Waals surface area contributed by atoms with Gasteiger partial charge in [0.25, 0.3) is 0 Å². The van der Waals surface area contributed by atoms with Gasteiger partial charge in [-0.25, -0.2) is 4.79 Å². The van der Waals surface area contributed by atoms with Crippen molar-refractivity contribution in [2.75, 3.05) is 6.54 Å². The summed E-state index contributed by atoms with van der Waals surface area (Å²) in [5, 5.41) is 5.60. The summed E-state index contributed by atoms with van der Waals surface area (Å²) in [6.45, 7) is 14.8. The van der Waals surface area contributed by atoms with Crippen LogP contribution in [-0.4, -0.2) is 46.5 Å². The van der Waals surface area contributed by atoms with Crippen LogP contribution in [0.4, 0.5) is 4.79 Å². The predicted octanol–water partition coefficient (Wildman–Crippen LogP) is 4.17. The Bertz CT molecular complexity index is 848. The summed E-state index contributed by atoms with van der Waals surface area (Å²) in [5.41, 5.74) is 1.74. The van der Waals surface area contributed by atoms with Crippen molar-refractivity contribution in [3.8, 4) is 0 Å². The molecule has 7 nitrogen and oxygen atoms in total. The van der Waals surface area contributed by atoms with E-state index in [4.69, 9.17) is 4.74 Å². The zero-order valence-corrected chi connectivity index (χ0v) is 20.8. The smallest absolute Gasteiger partial charge is 0.408 e. The molecule has 1 aromatic rings. The molecule has 1 saturated carbocycles. The van der Waals surface area contributed by atoms with Crippen molar-refractivity contribution in [3.63, 3.8) is 0 Å². The average Bonchev–Trinajstić information content (AvgIpc) is 2.56. The Morgan fingerprint density at radius 1 is 1.09 bits per heavy atom. The van der Waals surface area contributed by atoms with E-state index >= 15 is 0 Å². The molecule has 0 bridgehead atoms. The molecule has 7 heteroatoms. The van der Waals surface area contributed by atoms with E-state index in [0.29, 0.717) is 0 Å². The normalized spacial score (nSPS) is 15.4. The van der Waals surface area contributed by atoms with Crippen LogP contribution >= 0.6 is 0 Å². The average molecular weight is 446 g/mol. The van der Waals surface area contributed by atoms with Crippen LogP contribution in [0.1, 0.15) is 83.5 Å². The van der Waals surface area contributed by atoms with E-state index in [1.54, 1.807) is 25.7 Å². The molecule has 2 rings (SSSR count). The van der Waals surface area contributed by atoms with E-state index in [9.17, 15) is 14.4 Å². The number of carbonyl (C=O) groups excluding carboxylic acids is 3. The van der Waals surface area contributed by atoms with Crippen LogP contribution in [0.25, 0.3) is 0 Å². The van der Waals surface area contributed by atoms with E-state index in [1.165, 1.54) is 0 Å². The minimum atomic E-state index is -0.770. The summed E-state index contributed by atoms with van der Waals surface area (Å²) in [4.78, 5) is 40.7. The van der Waals surface area contributed by atoms with Crippen LogP contribution in [0.2, 0.25) is 0 Å². The van der Waals surface area contributed by atoms with Crippen LogP contribution < -0.4 is 10.6 Å². The lowest BCUT2D eigenvalue weighted by Gasteiger charge is -2.43. The van der Waals surface area contributed by atoms with Crippen molar-refractivity contribution in [1.29, 1.82) is 0 Å². The van der Waals surface area contributed by atoms with Crippen LogP contribution in [0.15, 0.2) is 18.2 Å². The number of benzene rings is 1. The number of rotatable bonds is 6. The van der Waals surface area contributed by atoms with Crippen LogP contribution in [-0.2, 0) is 14.3 Å². The van der Waals surface area contributed by atoms with Crippen LogP contribution in [0, 0.1) is 13.8 Å². The van der Waals surface area contributed by atoms with Gasteiger partial charge in [0.2, 0.25) is 11.8 Å². The molecule has 0 spiro atoms. The second kappa shape index (κ2) is 9.92. The molecule has 3 amide bonds. The largest absolute Gasteiger partial charge is 0.444 e. The maximum atomic E-state index is 13.5. The fraction of sp³-hybridized carbons (Fsp3) is 0.640. The molecule has 1 atom stereocenters. The molecule has 1 aromatic carbocycles. The van der Waals surface area contributed by atoms with Gasteiger partial charge in [0.15, 0.2) is 0 Å². The molecule has 178 valence electrons. The molecule has 1 aliphatic rings. The number of nitrogens with one attached hydrogen (secondary N) is 2. The predicted molar refractivity (Wildman–Crippen MR) is 125 cm³/mol. The molecule has 0 heterocycles. The second-order valence-corrected chi connectivity index (χ2v) is 10.7. The van der Waals surface area contributed by atoms with Gasteiger partial charge in [-0.05, 0) is 85.8 Å². The van der Waals surface area contributed by atoms with Gasteiger partial charge < -0.3 is 20.3 Å². The third-order valence-electron chi connectivity index (χ3n) is 5.28. The van der Waals surface area contributed by atoms with Crippen molar-refractivity contribution < 1.29 is 19.1 Å². The van der Waals surface area contributed by atoms with E-state index in [-0.39, 0.29) is 24.4 Å². The monoisotopic (exact) mass is 445 g/mol. The minimum Gasteiger partial charge on any atom is -0.444 e. The maximum absolute atomic E-state index is 13.5. The van der Waals surface area contributed by atoms with Gasteiger partial charge in [0.1, 0.15) is 18.2 Å². The Labute approximate surface area is 192 Å². The molecule has 1 fully saturated rings. The lowest BCUT2D eigenvalue weighted by Crippen LogP contribution is -2.55. The Morgan fingerprint density at radius 2 is 1.72 bits per heavy atom. The molecular formula is C25H39N3O4. The van der Waals surface area contributed by atoms with Crippen molar-refractivity contribution in [2.45, 2.75) is 97.9 Å². The number of alkyl carbamates (subject to hydrolysis) is 1. The molecule has 0 aromatic heterocycles. The van der Waals surface area contributed by atoms with Gasteiger partial charge >= 0.3 is 6.09 Å². The third-order valence-corrected chi connectivity index (χ3v) is 5.28. The summed E-state index contributed by atoms with van der Waals surface area (Å²) < 4.78 is 5.26. The van der Waals surface area contributed by atoms with E-state index < -0.39 is 23.3 Å². The first kappa shape index (κ1) is 25.7. The molecular weight excluding hydrogens is 406 g/mol. The third kappa shape index (κ3) is 7.24. The highest BCUT2D eigenvalue weighted by Crippen LogP contribution is 2.34. The maximum Gasteiger partial charge on any atom is 0.408 e. The first-order chi connectivity index (χ1) is 14.7. The minimum absolute atomic E-state index is 0.0423. The molecule has 2 N–H and O–H groups in total. The fourth-order valence-electron chi connectivity index (χ4n) is 3.76. The van der Waals surface area contributed by atoms with E-state index in [0.717, 1.165) is 36.0 Å². The topological polar surface area (TPSA) is 87.7 Å². The van der Waals surface area contributed by atoms with Crippen molar-refractivity contribution in [2.24, 2.45) is 0 Å². The Kier molecular flexibility index (Phi) is 7.97. The highest BCUT2D eigenvalue weighted by molar-refractivity contribution is 5.91. The SMILES string of the molecule is Cc1ccc(C(C(=O)NC(C)(C)C)N(C(=O)CNC(=O)OC(C)(C)C)C2CCC2)c(C)c1. The Hall–Kier alpha value is -2.57. The van der Waals surface area contributed by atoms with Gasteiger partial charge in [-0.1, -0.05) is 23.8 Å². The highest BCUT2D eigenvalue weighted by Gasteiger charge is 2.40. The van der Waals surface area contributed by atoms with Crippen molar-refractivity contribution in [1.82, 2.24) is 15.5 Å². The summed E-state index contributed by atoms with van der Waals surface area (Å²) in [6.07, 6.45) is 2.03. The van der Waals surface area contributed by atoms with Crippen LogP contribution in [0.5, 0.6) is 0 Å². The molecule has 1 aliphatic carbocycles. The number of hydrogen-bond acceptors (Lipinski definition) is 4. The lowest BCUT2D eigenvalue weighted by molar-refractivity contribution is -0.145. The van der Waals surface area contributed by atoms with E-state index in [2.05, 4.69) is 10.6 Å². The zero-order valence-electron chi connectivity index (χ0n) is 20.8. The van der Waals surface area contributed by atoms with Crippen LogP contribution in [0.3, 0.4) is 0 Å². The van der Waals surface area contributed by atoms with Gasteiger partial charge in [-0.3, -0.25) is 9.59 Å². The van der Waals surface area contributed by atoms with Crippen molar-refractivity contribution in [3.05, 3.63) is 34.9 Å². The lowest BCUT2D eigenvalue weighted by atomic mass is 9.87. The number of ether oxygens (including phenoxy) is 1. The first-order valence-electron chi connectivity index (χ1n) is 11.3. The Morgan fingerprint density at radius 3 is 2.19 bits per heavy atom. The summed E-state index contributed by atoms with van der Waals surface area (Å²) in [6, 6.07) is 5.10.